The number of halogens is 1. The molecule has 6 heteroatoms. The van der Waals surface area contributed by atoms with Gasteiger partial charge in [0.05, 0.1) is 0 Å². The highest BCUT2D eigenvalue weighted by Gasteiger charge is 2.29. The maximum Gasteiger partial charge on any atom is 0.272 e. The van der Waals surface area contributed by atoms with Crippen LogP contribution in [0.15, 0.2) is 66.7 Å². The zero-order valence-electron chi connectivity index (χ0n) is 15.0. The van der Waals surface area contributed by atoms with Crippen molar-refractivity contribution in [2.75, 3.05) is 5.32 Å². The van der Waals surface area contributed by atoms with Gasteiger partial charge in [0.15, 0.2) is 11.6 Å². The lowest BCUT2D eigenvalue weighted by Gasteiger charge is -2.18. The molecule has 0 aliphatic heterocycles. The molecule has 0 bridgehead atoms. The number of amides is 1. The van der Waals surface area contributed by atoms with Crippen molar-refractivity contribution in [3.05, 3.63) is 100 Å². The molecule has 1 heterocycles. The Hall–Kier alpha value is -4.06. The number of hydrogen-bond donors (Lipinski definition) is 2. The van der Waals surface area contributed by atoms with Crippen LogP contribution in [0, 0.1) is 5.82 Å². The van der Waals surface area contributed by atoms with Crippen molar-refractivity contribution >= 4 is 34.1 Å². The van der Waals surface area contributed by atoms with Crippen molar-refractivity contribution in [2.24, 2.45) is 0 Å². The Labute approximate surface area is 164 Å². The number of fused-ring (bicyclic) bond motifs is 3. The van der Waals surface area contributed by atoms with Crippen molar-refractivity contribution in [3.8, 4) is 0 Å². The molecule has 0 unspecified atom stereocenters. The maximum atomic E-state index is 13.4. The van der Waals surface area contributed by atoms with Crippen LogP contribution >= 0.6 is 0 Å². The van der Waals surface area contributed by atoms with E-state index in [1.165, 1.54) is 18.2 Å². The molecule has 140 valence electrons. The summed E-state index contributed by atoms with van der Waals surface area (Å²) in [5, 5.41) is 3.30. The molecule has 4 aromatic rings. The number of anilines is 1. The first kappa shape index (κ1) is 17.1. The van der Waals surface area contributed by atoms with Gasteiger partial charge in [-0.25, -0.2) is 4.39 Å². The smallest absolute Gasteiger partial charge is 0.272 e. The van der Waals surface area contributed by atoms with Gasteiger partial charge in [-0.05, 0) is 42.5 Å². The molecule has 0 saturated carbocycles. The van der Waals surface area contributed by atoms with E-state index < -0.39 is 5.91 Å². The van der Waals surface area contributed by atoms with E-state index in [0.29, 0.717) is 33.3 Å². The summed E-state index contributed by atoms with van der Waals surface area (Å²) in [6.07, 6.45) is 0. The van der Waals surface area contributed by atoms with Crippen LogP contribution in [0.3, 0.4) is 0 Å². The number of benzene rings is 3. The van der Waals surface area contributed by atoms with Gasteiger partial charge in [-0.2, -0.15) is 0 Å². The number of aromatic amines is 1. The summed E-state index contributed by atoms with van der Waals surface area (Å²) in [5.74, 6) is -1.30. The molecule has 1 aromatic heterocycles. The molecular formula is C23H13FN2O3. The molecule has 2 N–H and O–H groups in total. The Kier molecular flexibility index (Phi) is 3.67. The Morgan fingerprint density at radius 3 is 2.24 bits per heavy atom. The third-order valence-electron chi connectivity index (χ3n) is 5.01. The van der Waals surface area contributed by atoms with E-state index in [0.717, 1.165) is 0 Å². The van der Waals surface area contributed by atoms with Crippen molar-refractivity contribution < 1.29 is 18.8 Å². The number of ketones is 2. The Morgan fingerprint density at radius 2 is 1.48 bits per heavy atom. The molecule has 1 amide bonds. The predicted octanol–water partition coefficient (Wildman–Crippen LogP) is 4.33. The van der Waals surface area contributed by atoms with Gasteiger partial charge in [-0.3, -0.25) is 14.4 Å². The monoisotopic (exact) mass is 384 g/mol. The fourth-order valence-corrected chi connectivity index (χ4v) is 3.60. The first-order valence-electron chi connectivity index (χ1n) is 8.93. The fraction of sp³-hybridized carbons (Fsp3) is 0. The molecule has 0 fully saturated rings. The third-order valence-corrected chi connectivity index (χ3v) is 5.01. The molecule has 29 heavy (non-hydrogen) atoms. The van der Waals surface area contributed by atoms with E-state index in [-0.39, 0.29) is 28.6 Å². The zero-order valence-corrected chi connectivity index (χ0v) is 15.0. The number of carbonyl (C=O) groups is 3. The predicted molar refractivity (Wildman–Crippen MR) is 106 cm³/mol. The van der Waals surface area contributed by atoms with Crippen LogP contribution in [-0.2, 0) is 0 Å². The van der Waals surface area contributed by atoms with Crippen LogP contribution in [0.1, 0.15) is 42.3 Å². The van der Waals surface area contributed by atoms with Crippen molar-refractivity contribution in [3.63, 3.8) is 0 Å². The standard InChI is InChI=1S/C23H13FN2O3/c24-13-5-8-19-12(9-13)10-20(26-19)23(29)25-14-6-7-17-18(11-14)22(28)16-4-2-1-3-15(16)21(17)27/h1-11,26H,(H,25,29). The number of aromatic nitrogens is 1. The molecule has 0 radical (unpaired) electrons. The molecule has 3 aromatic carbocycles. The first-order chi connectivity index (χ1) is 14.0. The highest BCUT2D eigenvalue weighted by Crippen LogP contribution is 2.29. The number of carbonyl (C=O) groups excluding carboxylic acids is 3. The van der Waals surface area contributed by atoms with E-state index >= 15 is 0 Å². The van der Waals surface area contributed by atoms with Gasteiger partial charge < -0.3 is 10.3 Å². The lowest BCUT2D eigenvalue weighted by atomic mass is 9.84. The quantitative estimate of drug-likeness (QED) is 0.475. The molecule has 1 aliphatic carbocycles. The Balaban J connectivity index is 1.47. The topological polar surface area (TPSA) is 79.0 Å². The van der Waals surface area contributed by atoms with E-state index in [9.17, 15) is 18.8 Å². The van der Waals surface area contributed by atoms with Crippen LogP contribution in [0.25, 0.3) is 10.9 Å². The molecular weight excluding hydrogens is 371 g/mol. The largest absolute Gasteiger partial charge is 0.351 e. The van der Waals surface area contributed by atoms with Crippen molar-refractivity contribution in [1.82, 2.24) is 4.98 Å². The zero-order chi connectivity index (χ0) is 20.1. The average Bonchev–Trinajstić information content (AvgIpc) is 3.15. The summed E-state index contributed by atoms with van der Waals surface area (Å²) in [6.45, 7) is 0. The normalized spacial score (nSPS) is 12.6. The highest BCUT2D eigenvalue weighted by atomic mass is 19.1. The van der Waals surface area contributed by atoms with Crippen molar-refractivity contribution in [1.29, 1.82) is 0 Å². The van der Waals surface area contributed by atoms with Gasteiger partial charge in [0, 0.05) is 38.8 Å². The van der Waals surface area contributed by atoms with E-state index in [2.05, 4.69) is 10.3 Å². The van der Waals surface area contributed by atoms with E-state index in [1.54, 1.807) is 48.5 Å². The molecule has 1 aliphatic rings. The molecule has 0 saturated heterocycles. The minimum absolute atomic E-state index is 0.217. The lowest BCUT2D eigenvalue weighted by Crippen LogP contribution is -2.21. The summed E-state index contributed by atoms with van der Waals surface area (Å²) < 4.78 is 13.4. The minimum Gasteiger partial charge on any atom is -0.351 e. The summed E-state index contributed by atoms with van der Waals surface area (Å²) in [5.41, 5.74) is 2.59. The van der Waals surface area contributed by atoms with Crippen molar-refractivity contribution in [2.45, 2.75) is 0 Å². The highest BCUT2D eigenvalue weighted by molar-refractivity contribution is 6.28. The molecule has 5 nitrogen and oxygen atoms in total. The SMILES string of the molecule is O=C(Nc1ccc2c(c1)C(=O)c1ccccc1C2=O)c1cc2cc(F)ccc2[nH]1. The van der Waals surface area contributed by atoms with Crippen LogP contribution in [-0.4, -0.2) is 22.5 Å². The fourth-order valence-electron chi connectivity index (χ4n) is 3.60. The minimum atomic E-state index is -0.434. The van der Waals surface area contributed by atoms with Gasteiger partial charge in [-0.15, -0.1) is 0 Å². The van der Waals surface area contributed by atoms with Crippen LogP contribution in [0.4, 0.5) is 10.1 Å². The van der Waals surface area contributed by atoms with Gasteiger partial charge in [-0.1, -0.05) is 24.3 Å². The lowest BCUT2D eigenvalue weighted by molar-refractivity contribution is 0.0979. The number of nitrogens with one attached hydrogen (secondary N) is 2. The average molecular weight is 384 g/mol. The van der Waals surface area contributed by atoms with Crippen LogP contribution < -0.4 is 5.32 Å². The summed E-state index contributed by atoms with van der Waals surface area (Å²) >= 11 is 0. The number of hydrogen-bond acceptors (Lipinski definition) is 3. The van der Waals surface area contributed by atoms with E-state index in [1.807, 2.05) is 0 Å². The second kappa shape index (κ2) is 6.24. The summed E-state index contributed by atoms with van der Waals surface area (Å²) in [7, 11) is 0. The van der Waals surface area contributed by atoms with Gasteiger partial charge in [0.2, 0.25) is 0 Å². The summed E-state index contributed by atoms with van der Waals surface area (Å²) in [4.78, 5) is 41.0. The second-order valence-corrected chi connectivity index (χ2v) is 6.83. The number of rotatable bonds is 2. The molecule has 0 atom stereocenters. The third kappa shape index (κ3) is 2.73. The molecule has 0 spiro atoms. The first-order valence-corrected chi connectivity index (χ1v) is 8.93. The van der Waals surface area contributed by atoms with Gasteiger partial charge in [0.25, 0.3) is 5.91 Å². The molecule has 5 rings (SSSR count). The van der Waals surface area contributed by atoms with E-state index in [4.69, 9.17) is 0 Å². The summed E-state index contributed by atoms with van der Waals surface area (Å²) in [6, 6.07) is 17.1. The van der Waals surface area contributed by atoms with Gasteiger partial charge >= 0.3 is 0 Å². The van der Waals surface area contributed by atoms with Crippen LogP contribution in [0.2, 0.25) is 0 Å². The van der Waals surface area contributed by atoms with Crippen LogP contribution in [0.5, 0.6) is 0 Å². The Morgan fingerprint density at radius 1 is 0.793 bits per heavy atom. The Bertz CT molecular complexity index is 1350. The number of H-pyrrole nitrogens is 1. The van der Waals surface area contributed by atoms with Gasteiger partial charge in [0.1, 0.15) is 11.5 Å². The maximum absolute atomic E-state index is 13.4. The second-order valence-electron chi connectivity index (χ2n) is 6.83.